The molecule has 0 spiro atoms. The SMILES string of the molecule is C(#Cc1ccc(CNC2CC2)cc1)c1ccccc1.Cl. The van der Waals surface area contributed by atoms with E-state index in [4.69, 9.17) is 0 Å². The van der Waals surface area contributed by atoms with Crippen LogP contribution >= 0.6 is 12.4 Å². The van der Waals surface area contributed by atoms with E-state index in [2.05, 4.69) is 41.4 Å². The average Bonchev–Trinajstić information content (AvgIpc) is 3.29. The molecular weight excluding hydrogens is 266 g/mol. The smallest absolute Gasteiger partial charge is 0.0249 e. The fourth-order valence-electron chi connectivity index (χ4n) is 1.92. The summed E-state index contributed by atoms with van der Waals surface area (Å²) in [7, 11) is 0. The van der Waals surface area contributed by atoms with E-state index in [0.29, 0.717) is 0 Å². The monoisotopic (exact) mass is 283 g/mol. The molecular formula is C18H18ClN. The lowest BCUT2D eigenvalue weighted by atomic mass is 10.1. The highest BCUT2D eigenvalue weighted by molar-refractivity contribution is 5.85. The predicted octanol–water partition coefficient (Wildman–Crippen LogP) is 3.76. The first kappa shape index (κ1) is 14.7. The zero-order valence-electron chi connectivity index (χ0n) is 11.3. The summed E-state index contributed by atoms with van der Waals surface area (Å²) in [6.45, 7) is 0.969. The van der Waals surface area contributed by atoms with Crippen molar-refractivity contribution in [3.8, 4) is 11.8 Å². The third-order valence-electron chi connectivity index (χ3n) is 3.25. The van der Waals surface area contributed by atoms with Crippen LogP contribution in [0.4, 0.5) is 0 Å². The molecule has 0 amide bonds. The fourth-order valence-corrected chi connectivity index (χ4v) is 1.92. The standard InChI is InChI=1S/C18H17N.ClH/c1-2-4-15(5-3-1)6-7-16-8-10-17(11-9-16)14-19-18-12-13-18;/h1-5,8-11,18-19H,12-14H2;1H. The Balaban J connectivity index is 0.00000147. The van der Waals surface area contributed by atoms with E-state index in [0.717, 1.165) is 23.7 Å². The highest BCUT2D eigenvalue weighted by Gasteiger charge is 2.19. The maximum Gasteiger partial charge on any atom is 0.0249 e. The number of benzene rings is 2. The molecule has 2 aromatic rings. The van der Waals surface area contributed by atoms with Gasteiger partial charge in [0.05, 0.1) is 0 Å². The average molecular weight is 284 g/mol. The van der Waals surface area contributed by atoms with E-state index >= 15 is 0 Å². The van der Waals surface area contributed by atoms with Gasteiger partial charge in [-0.25, -0.2) is 0 Å². The van der Waals surface area contributed by atoms with Gasteiger partial charge in [-0.05, 0) is 42.7 Å². The van der Waals surface area contributed by atoms with Crippen LogP contribution in [0.3, 0.4) is 0 Å². The van der Waals surface area contributed by atoms with Crippen LogP contribution in [-0.4, -0.2) is 6.04 Å². The summed E-state index contributed by atoms with van der Waals surface area (Å²) in [5, 5.41) is 3.51. The van der Waals surface area contributed by atoms with Crippen LogP contribution in [0.1, 0.15) is 29.5 Å². The van der Waals surface area contributed by atoms with Gasteiger partial charge < -0.3 is 5.32 Å². The van der Waals surface area contributed by atoms with Crippen LogP contribution in [0.2, 0.25) is 0 Å². The Morgan fingerprint density at radius 2 is 1.45 bits per heavy atom. The summed E-state index contributed by atoms with van der Waals surface area (Å²) in [5.74, 6) is 6.37. The molecule has 0 saturated heterocycles. The minimum atomic E-state index is 0. The number of hydrogen-bond acceptors (Lipinski definition) is 1. The molecule has 2 aromatic carbocycles. The largest absolute Gasteiger partial charge is 0.310 e. The molecule has 1 aliphatic carbocycles. The second kappa shape index (κ2) is 7.14. The minimum Gasteiger partial charge on any atom is -0.310 e. The van der Waals surface area contributed by atoms with Gasteiger partial charge in [-0.2, -0.15) is 0 Å². The second-order valence-electron chi connectivity index (χ2n) is 4.97. The number of hydrogen-bond donors (Lipinski definition) is 1. The van der Waals surface area contributed by atoms with Crippen molar-refractivity contribution in [3.63, 3.8) is 0 Å². The van der Waals surface area contributed by atoms with E-state index in [1.807, 2.05) is 30.3 Å². The predicted molar refractivity (Wildman–Crippen MR) is 86.0 cm³/mol. The molecule has 102 valence electrons. The Bertz CT molecular complexity index is 589. The van der Waals surface area contributed by atoms with Gasteiger partial charge in [-0.3, -0.25) is 0 Å². The van der Waals surface area contributed by atoms with Gasteiger partial charge in [-0.1, -0.05) is 42.2 Å². The second-order valence-corrected chi connectivity index (χ2v) is 4.97. The number of nitrogens with one attached hydrogen (secondary N) is 1. The molecule has 1 saturated carbocycles. The summed E-state index contributed by atoms with van der Waals surface area (Å²) in [5.41, 5.74) is 3.46. The van der Waals surface area contributed by atoms with Crippen LogP contribution in [-0.2, 0) is 6.54 Å². The van der Waals surface area contributed by atoms with Crippen molar-refractivity contribution in [1.82, 2.24) is 5.32 Å². The van der Waals surface area contributed by atoms with Crippen molar-refractivity contribution >= 4 is 12.4 Å². The first-order valence-corrected chi connectivity index (χ1v) is 6.79. The Hall–Kier alpha value is -1.75. The van der Waals surface area contributed by atoms with Crippen LogP contribution in [0.15, 0.2) is 54.6 Å². The van der Waals surface area contributed by atoms with Gasteiger partial charge in [0.15, 0.2) is 0 Å². The Morgan fingerprint density at radius 1 is 0.850 bits per heavy atom. The molecule has 0 atom stereocenters. The van der Waals surface area contributed by atoms with Gasteiger partial charge >= 0.3 is 0 Å². The van der Waals surface area contributed by atoms with Crippen molar-refractivity contribution in [3.05, 3.63) is 71.3 Å². The Morgan fingerprint density at radius 3 is 2.05 bits per heavy atom. The van der Waals surface area contributed by atoms with Crippen molar-refractivity contribution in [2.45, 2.75) is 25.4 Å². The molecule has 0 aromatic heterocycles. The first-order chi connectivity index (χ1) is 9.40. The summed E-state index contributed by atoms with van der Waals surface area (Å²) >= 11 is 0. The van der Waals surface area contributed by atoms with E-state index in [1.54, 1.807) is 0 Å². The summed E-state index contributed by atoms with van der Waals surface area (Å²) in [4.78, 5) is 0. The van der Waals surface area contributed by atoms with Crippen LogP contribution in [0.5, 0.6) is 0 Å². The number of rotatable bonds is 3. The van der Waals surface area contributed by atoms with Crippen LogP contribution in [0.25, 0.3) is 0 Å². The third kappa shape index (κ3) is 4.42. The van der Waals surface area contributed by atoms with Gasteiger partial charge in [-0.15, -0.1) is 12.4 Å². The Kier molecular flexibility index (Phi) is 5.24. The lowest BCUT2D eigenvalue weighted by Crippen LogP contribution is -2.15. The van der Waals surface area contributed by atoms with Crippen molar-refractivity contribution in [2.75, 3.05) is 0 Å². The molecule has 0 unspecified atom stereocenters. The summed E-state index contributed by atoms with van der Waals surface area (Å²) in [6, 6.07) is 19.4. The Labute approximate surface area is 126 Å². The molecule has 0 heterocycles. The van der Waals surface area contributed by atoms with E-state index < -0.39 is 0 Å². The molecule has 20 heavy (non-hydrogen) atoms. The zero-order valence-corrected chi connectivity index (χ0v) is 12.1. The highest BCUT2D eigenvalue weighted by Crippen LogP contribution is 2.19. The van der Waals surface area contributed by atoms with Crippen molar-refractivity contribution < 1.29 is 0 Å². The normalized spacial score (nSPS) is 13.0. The molecule has 1 nitrogen and oxygen atoms in total. The fraction of sp³-hybridized carbons (Fsp3) is 0.222. The summed E-state index contributed by atoms with van der Waals surface area (Å²) in [6.07, 6.45) is 2.67. The molecule has 0 radical (unpaired) electrons. The van der Waals surface area contributed by atoms with Crippen LogP contribution < -0.4 is 5.32 Å². The van der Waals surface area contributed by atoms with E-state index in [9.17, 15) is 0 Å². The summed E-state index contributed by atoms with van der Waals surface area (Å²) < 4.78 is 0. The quantitative estimate of drug-likeness (QED) is 0.846. The maximum absolute atomic E-state index is 3.51. The lowest BCUT2D eigenvalue weighted by Gasteiger charge is -2.02. The minimum absolute atomic E-state index is 0. The lowest BCUT2D eigenvalue weighted by molar-refractivity contribution is 0.688. The first-order valence-electron chi connectivity index (χ1n) is 6.79. The molecule has 2 heteroatoms. The van der Waals surface area contributed by atoms with Crippen molar-refractivity contribution in [2.24, 2.45) is 0 Å². The molecule has 0 aliphatic heterocycles. The molecule has 1 N–H and O–H groups in total. The van der Waals surface area contributed by atoms with Crippen LogP contribution in [0, 0.1) is 11.8 Å². The van der Waals surface area contributed by atoms with Gasteiger partial charge in [0, 0.05) is 23.7 Å². The number of halogens is 1. The van der Waals surface area contributed by atoms with E-state index in [1.165, 1.54) is 18.4 Å². The van der Waals surface area contributed by atoms with Gasteiger partial charge in [0.2, 0.25) is 0 Å². The van der Waals surface area contributed by atoms with Gasteiger partial charge in [0.1, 0.15) is 0 Å². The van der Waals surface area contributed by atoms with Gasteiger partial charge in [0.25, 0.3) is 0 Å². The molecule has 0 bridgehead atoms. The highest BCUT2D eigenvalue weighted by atomic mass is 35.5. The van der Waals surface area contributed by atoms with E-state index in [-0.39, 0.29) is 12.4 Å². The third-order valence-corrected chi connectivity index (χ3v) is 3.25. The van der Waals surface area contributed by atoms with Crippen molar-refractivity contribution in [1.29, 1.82) is 0 Å². The molecule has 1 aliphatic rings. The molecule has 1 fully saturated rings. The zero-order chi connectivity index (χ0) is 12.9. The maximum atomic E-state index is 3.51. The molecule has 3 rings (SSSR count). The topological polar surface area (TPSA) is 12.0 Å².